The normalized spacial score (nSPS) is 11.5. The molecule has 0 aliphatic heterocycles. The first-order valence-electron chi connectivity index (χ1n) is 7.39. The van der Waals surface area contributed by atoms with Crippen LogP contribution in [-0.4, -0.2) is 35.8 Å². The molecule has 0 bridgehead atoms. The lowest BCUT2D eigenvalue weighted by molar-refractivity contribution is 0.148. The molecule has 0 radical (unpaired) electrons. The van der Waals surface area contributed by atoms with E-state index in [1.54, 1.807) is 11.3 Å². The minimum atomic E-state index is -0.129. The van der Waals surface area contributed by atoms with Crippen molar-refractivity contribution in [2.75, 3.05) is 19.7 Å². The predicted molar refractivity (Wildman–Crippen MR) is 86.8 cm³/mol. The summed E-state index contributed by atoms with van der Waals surface area (Å²) in [4.78, 5) is 17.2. The fraction of sp³-hybridized carbons (Fsp3) is 0.733. The van der Waals surface area contributed by atoms with Crippen LogP contribution in [0.25, 0.3) is 0 Å². The molecule has 1 aromatic rings. The highest BCUT2D eigenvalue weighted by Crippen LogP contribution is 2.20. The Balaban J connectivity index is 2.13. The topological polar surface area (TPSA) is 74.2 Å². The Morgan fingerprint density at radius 3 is 2.52 bits per heavy atom. The number of hydrogen-bond donors (Lipinski definition) is 3. The standard InChI is InChI=1S/C15H27N3O2S/c1-11-13(21-12(2)18-11)6-9-17-14(20)16-8-5-7-15(3,4)10-19/h19H,5-10H2,1-4H3,(H2,16,17,20). The van der Waals surface area contributed by atoms with Crippen molar-refractivity contribution in [2.45, 2.75) is 47.0 Å². The van der Waals surface area contributed by atoms with Gasteiger partial charge in [-0.25, -0.2) is 9.78 Å². The monoisotopic (exact) mass is 313 g/mol. The summed E-state index contributed by atoms with van der Waals surface area (Å²) in [5.41, 5.74) is 0.991. The first-order chi connectivity index (χ1) is 9.84. The molecule has 0 atom stereocenters. The van der Waals surface area contributed by atoms with E-state index in [4.69, 9.17) is 5.11 Å². The van der Waals surface area contributed by atoms with Crippen LogP contribution in [0.5, 0.6) is 0 Å². The summed E-state index contributed by atoms with van der Waals surface area (Å²) >= 11 is 1.69. The van der Waals surface area contributed by atoms with Crippen LogP contribution in [-0.2, 0) is 6.42 Å². The molecule has 1 rings (SSSR count). The summed E-state index contributed by atoms with van der Waals surface area (Å²) in [6.45, 7) is 9.47. The molecular weight excluding hydrogens is 286 g/mol. The number of aromatic nitrogens is 1. The summed E-state index contributed by atoms with van der Waals surface area (Å²) in [6, 6.07) is -0.129. The van der Waals surface area contributed by atoms with Gasteiger partial charge in [0.2, 0.25) is 0 Å². The van der Waals surface area contributed by atoms with E-state index in [0.29, 0.717) is 13.1 Å². The van der Waals surface area contributed by atoms with E-state index in [9.17, 15) is 4.79 Å². The Labute approximate surface area is 131 Å². The predicted octanol–water partition coefficient (Wildman–Crippen LogP) is 2.40. The van der Waals surface area contributed by atoms with Crippen molar-refractivity contribution >= 4 is 17.4 Å². The van der Waals surface area contributed by atoms with Crippen molar-refractivity contribution in [2.24, 2.45) is 5.41 Å². The van der Waals surface area contributed by atoms with Crippen molar-refractivity contribution in [3.8, 4) is 0 Å². The molecule has 0 saturated heterocycles. The van der Waals surface area contributed by atoms with Crippen LogP contribution >= 0.6 is 11.3 Å². The second kappa shape index (κ2) is 8.34. The number of nitrogens with one attached hydrogen (secondary N) is 2. The lowest BCUT2D eigenvalue weighted by Crippen LogP contribution is -2.37. The number of aliphatic hydroxyl groups excluding tert-OH is 1. The number of aryl methyl sites for hydroxylation is 2. The highest BCUT2D eigenvalue weighted by atomic mass is 32.1. The molecule has 0 saturated carbocycles. The highest BCUT2D eigenvalue weighted by Gasteiger charge is 2.15. The Morgan fingerprint density at radius 1 is 1.29 bits per heavy atom. The largest absolute Gasteiger partial charge is 0.396 e. The number of urea groups is 1. The van der Waals surface area contributed by atoms with Crippen LogP contribution in [0.3, 0.4) is 0 Å². The lowest BCUT2D eigenvalue weighted by Gasteiger charge is -2.21. The summed E-state index contributed by atoms with van der Waals surface area (Å²) in [5.74, 6) is 0. The van der Waals surface area contributed by atoms with Crippen LogP contribution in [0.15, 0.2) is 0 Å². The molecule has 5 nitrogen and oxygen atoms in total. The Hall–Kier alpha value is -1.14. The third kappa shape index (κ3) is 6.91. The molecule has 1 heterocycles. The molecule has 0 unspecified atom stereocenters. The molecule has 0 fully saturated rings. The van der Waals surface area contributed by atoms with E-state index in [0.717, 1.165) is 30.0 Å². The van der Waals surface area contributed by atoms with E-state index in [1.165, 1.54) is 4.88 Å². The van der Waals surface area contributed by atoms with Gasteiger partial charge in [0.1, 0.15) is 0 Å². The van der Waals surface area contributed by atoms with Crippen molar-refractivity contribution in [3.63, 3.8) is 0 Å². The number of amides is 2. The molecule has 1 aromatic heterocycles. The van der Waals surface area contributed by atoms with E-state index in [-0.39, 0.29) is 18.1 Å². The van der Waals surface area contributed by atoms with Gasteiger partial charge in [-0.3, -0.25) is 0 Å². The van der Waals surface area contributed by atoms with Gasteiger partial charge in [0.05, 0.1) is 10.7 Å². The van der Waals surface area contributed by atoms with E-state index in [1.807, 2.05) is 27.7 Å². The van der Waals surface area contributed by atoms with Gasteiger partial charge in [0, 0.05) is 31.0 Å². The van der Waals surface area contributed by atoms with Gasteiger partial charge in [0.25, 0.3) is 0 Å². The molecule has 0 aliphatic rings. The second-order valence-electron chi connectivity index (χ2n) is 6.10. The minimum Gasteiger partial charge on any atom is -0.396 e. The van der Waals surface area contributed by atoms with Crippen LogP contribution < -0.4 is 10.6 Å². The second-order valence-corrected chi connectivity index (χ2v) is 7.39. The zero-order valence-electron chi connectivity index (χ0n) is 13.5. The first-order valence-corrected chi connectivity index (χ1v) is 8.21. The smallest absolute Gasteiger partial charge is 0.314 e. The van der Waals surface area contributed by atoms with E-state index in [2.05, 4.69) is 15.6 Å². The van der Waals surface area contributed by atoms with Gasteiger partial charge in [-0.1, -0.05) is 13.8 Å². The van der Waals surface area contributed by atoms with Crippen LogP contribution in [0.4, 0.5) is 4.79 Å². The Kier molecular flexibility index (Phi) is 7.11. The SMILES string of the molecule is Cc1nc(C)c(CCNC(=O)NCCCC(C)(C)CO)s1. The number of thiazole rings is 1. The molecule has 6 heteroatoms. The van der Waals surface area contributed by atoms with Gasteiger partial charge in [-0.2, -0.15) is 0 Å². The molecular formula is C15H27N3O2S. The molecule has 21 heavy (non-hydrogen) atoms. The lowest BCUT2D eigenvalue weighted by atomic mass is 9.89. The number of rotatable bonds is 8. The first kappa shape index (κ1) is 17.9. The molecule has 3 N–H and O–H groups in total. The Morgan fingerprint density at radius 2 is 1.95 bits per heavy atom. The van der Waals surface area contributed by atoms with Crippen LogP contribution in [0, 0.1) is 19.3 Å². The number of aliphatic hydroxyl groups is 1. The van der Waals surface area contributed by atoms with Crippen LogP contribution in [0.1, 0.15) is 42.3 Å². The molecule has 2 amide bonds. The summed E-state index contributed by atoms with van der Waals surface area (Å²) in [5, 5.41) is 15.9. The van der Waals surface area contributed by atoms with Crippen molar-refractivity contribution in [1.82, 2.24) is 15.6 Å². The maximum atomic E-state index is 11.6. The summed E-state index contributed by atoms with van der Waals surface area (Å²) in [6.07, 6.45) is 2.58. The molecule has 0 aromatic carbocycles. The number of carbonyl (C=O) groups excluding carboxylic acids is 1. The van der Waals surface area contributed by atoms with Crippen molar-refractivity contribution < 1.29 is 9.90 Å². The zero-order chi connectivity index (χ0) is 15.9. The van der Waals surface area contributed by atoms with Gasteiger partial charge in [-0.05, 0) is 32.1 Å². The minimum absolute atomic E-state index is 0.0697. The van der Waals surface area contributed by atoms with Gasteiger partial charge in [-0.15, -0.1) is 11.3 Å². The number of hydrogen-bond acceptors (Lipinski definition) is 4. The van der Waals surface area contributed by atoms with E-state index >= 15 is 0 Å². The molecule has 0 aliphatic carbocycles. The summed E-state index contributed by atoms with van der Waals surface area (Å²) < 4.78 is 0. The third-order valence-electron chi connectivity index (χ3n) is 3.38. The fourth-order valence-electron chi connectivity index (χ4n) is 2.01. The van der Waals surface area contributed by atoms with Crippen LogP contribution in [0.2, 0.25) is 0 Å². The van der Waals surface area contributed by atoms with Gasteiger partial charge in [0.15, 0.2) is 0 Å². The third-order valence-corrected chi connectivity index (χ3v) is 4.51. The summed E-state index contributed by atoms with van der Waals surface area (Å²) in [7, 11) is 0. The molecule has 0 spiro atoms. The van der Waals surface area contributed by atoms with E-state index < -0.39 is 0 Å². The Bertz CT molecular complexity index is 458. The fourth-order valence-corrected chi connectivity index (χ4v) is 2.94. The van der Waals surface area contributed by atoms with Gasteiger partial charge < -0.3 is 15.7 Å². The molecule has 120 valence electrons. The number of nitrogens with zero attached hydrogens (tertiary/aromatic N) is 1. The number of carbonyl (C=O) groups is 1. The average Bonchev–Trinajstić information content (AvgIpc) is 2.73. The maximum Gasteiger partial charge on any atom is 0.314 e. The van der Waals surface area contributed by atoms with Crippen molar-refractivity contribution in [3.05, 3.63) is 15.6 Å². The quantitative estimate of drug-likeness (QED) is 0.645. The van der Waals surface area contributed by atoms with Crippen molar-refractivity contribution in [1.29, 1.82) is 0 Å². The maximum absolute atomic E-state index is 11.6. The zero-order valence-corrected chi connectivity index (χ0v) is 14.3. The average molecular weight is 313 g/mol. The highest BCUT2D eigenvalue weighted by molar-refractivity contribution is 7.11. The van der Waals surface area contributed by atoms with Gasteiger partial charge >= 0.3 is 6.03 Å².